The number of carbonyl (C=O) groups is 1. The number of aromatic nitrogens is 3. The lowest BCUT2D eigenvalue weighted by Gasteiger charge is -2.08. The lowest BCUT2D eigenvalue weighted by molar-refractivity contribution is 0.0949. The highest BCUT2D eigenvalue weighted by molar-refractivity contribution is 5.95. The fourth-order valence-corrected chi connectivity index (χ4v) is 3.13. The van der Waals surface area contributed by atoms with E-state index in [1.807, 2.05) is 0 Å². The Hall–Kier alpha value is -3.02. The molecule has 5 nitrogen and oxygen atoms in total. The van der Waals surface area contributed by atoms with Crippen molar-refractivity contribution in [3.63, 3.8) is 0 Å². The van der Waals surface area contributed by atoms with Gasteiger partial charge in [0.15, 0.2) is 5.82 Å². The number of rotatable bonds is 4. The second-order valence-electron chi connectivity index (χ2n) is 6.03. The summed E-state index contributed by atoms with van der Waals surface area (Å²) >= 11 is 0. The highest BCUT2D eigenvalue weighted by Gasteiger charge is 2.18. The molecule has 1 aliphatic rings. The number of nitrogens with zero attached hydrogens (tertiary/aromatic N) is 3. The normalized spacial score (nSPS) is 12.8. The van der Waals surface area contributed by atoms with Crippen molar-refractivity contribution >= 4 is 5.91 Å². The summed E-state index contributed by atoms with van der Waals surface area (Å²) in [4.78, 5) is 12.4. The molecule has 126 valence electrons. The van der Waals surface area contributed by atoms with Gasteiger partial charge in [-0.15, -0.1) is 10.2 Å². The van der Waals surface area contributed by atoms with Crippen molar-refractivity contribution in [1.29, 1.82) is 0 Å². The van der Waals surface area contributed by atoms with Gasteiger partial charge in [0.2, 0.25) is 0 Å². The monoisotopic (exact) mass is 336 g/mol. The predicted molar refractivity (Wildman–Crippen MR) is 91.3 cm³/mol. The number of carbonyl (C=O) groups excluding carboxylic acids is 1. The number of nitrogens with one attached hydrogen (secondary N) is 1. The molecule has 0 aliphatic carbocycles. The van der Waals surface area contributed by atoms with Crippen LogP contribution in [0.4, 0.5) is 4.39 Å². The van der Waals surface area contributed by atoms with E-state index in [0.29, 0.717) is 23.2 Å². The van der Waals surface area contributed by atoms with Crippen LogP contribution in [0.25, 0.3) is 11.1 Å². The third-order valence-electron chi connectivity index (χ3n) is 4.40. The summed E-state index contributed by atoms with van der Waals surface area (Å²) in [5.74, 6) is 1.23. The third-order valence-corrected chi connectivity index (χ3v) is 4.40. The van der Waals surface area contributed by atoms with Crippen molar-refractivity contribution < 1.29 is 9.18 Å². The van der Waals surface area contributed by atoms with Crippen LogP contribution < -0.4 is 5.32 Å². The fourth-order valence-electron chi connectivity index (χ4n) is 3.13. The first-order valence-corrected chi connectivity index (χ1v) is 8.26. The smallest absolute Gasteiger partial charge is 0.251 e. The average Bonchev–Trinajstić information content (AvgIpc) is 3.24. The highest BCUT2D eigenvalue weighted by atomic mass is 19.1. The van der Waals surface area contributed by atoms with E-state index in [9.17, 15) is 9.18 Å². The summed E-state index contributed by atoms with van der Waals surface area (Å²) in [7, 11) is 0. The van der Waals surface area contributed by atoms with Crippen LogP contribution in [0.1, 0.15) is 28.4 Å². The standard InChI is InChI=1S/C19H17FN4O/c20-16-8-2-1-7-15(16)13-5-3-6-14(11-13)19(25)21-12-18-23-22-17-9-4-10-24(17)18/h1-3,5-8,11H,4,9-10,12H2,(H,21,25). The number of amides is 1. The fraction of sp³-hybridized carbons (Fsp3) is 0.211. The van der Waals surface area contributed by atoms with Gasteiger partial charge in [0.25, 0.3) is 5.91 Å². The summed E-state index contributed by atoms with van der Waals surface area (Å²) in [6.07, 6.45) is 2.00. The van der Waals surface area contributed by atoms with Crippen molar-refractivity contribution in [1.82, 2.24) is 20.1 Å². The molecule has 0 saturated heterocycles. The molecule has 0 atom stereocenters. The number of halogens is 1. The molecule has 4 rings (SSSR count). The molecule has 0 saturated carbocycles. The van der Waals surface area contributed by atoms with Crippen LogP contribution in [0.2, 0.25) is 0 Å². The summed E-state index contributed by atoms with van der Waals surface area (Å²) in [5.41, 5.74) is 1.64. The number of hydrogen-bond acceptors (Lipinski definition) is 3. The third kappa shape index (κ3) is 3.03. The maximum atomic E-state index is 14.0. The molecule has 0 unspecified atom stereocenters. The van der Waals surface area contributed by atoms with Crippen molar-refractivity contribution in [2.24, 2.45) is 0 Å². The Bertz CT molecular complexity index is 935. The first-order valence-electron chi connectivity index (χ1n) is 8.26. The molecule has 6 heteroatoms. The molecule has 0 radical (unpaired) electrons. The van der Waals surface area contributed by atoms with Gasteiger partial charge < -0.3 is 9.88 Å². The van der Waals surface area contributed by atoms with Crippen LogP contribution in [0.15, 0.2) is 48.5 Å². The number of hydrogen-bond donors (Lipinski definition) is 1. The van der Waals surface area contributed by atoms with Crippen LogP contribution in [0, 0.1) is 5.82 Å². The zero-order valence-electron chi connectivity index (χ0n) is 13.6. The highest BCUT2D eigenvalue weighted by Crippen LogP contribution is 2.23. The lowest BCUT2D eigenvalue weighted by Crippen LogP contribution is -2.24. The quantitative estimate of drug-likeness (QED) is 0.797. The van der Waals surface area contributed by atoms with Crippen molar-refractivity contribution in [2.45, 2.75) is 25.9 Å². The molecular weight excluding hydrogens is 319 g/mol. The maximum Gasteiger partial charge on any atom is 0.251 e. The van der Waals surface area contributed by atoms with E-state index in [2.05, 4.69) is 20.1 Å². The Morgan fingerprint density at radius 1 is 1.16 bits per heavy atom. The van der Waals surface area contributed by atoms with E-state index in [1.165, 1.54) is 6.07 Å². The zero-order valence-corrected chi connectivity index (χ0v) is 13.6. The van der Waals surface area contributed by atoms with Gasteiger partial charge in [-0.2, -0.15) is 0 Å². The van der Waals surface area contributed by atoms with E-state index in [-0.39, 0.29) is 11.7 Å². The predicted octanol–water partition coefficient (Wildman–Crippen LogP) is 2.96. The second-order valence-corrected chi connectivity index (χ2v) is 6.03. The van der Waals surface area contributed by atoms with Gasteiger partial charge >= 0.3 is 0 Å². The Kier molecular flexibility index (Phi) is 4.01. The molecule has 25 heavy (non-hydrogen) atoms. The number of benzene rings is 2. The SMILES string of the molecule is O=C(NCc1nnc2n1CCC2)c1cccc(-c2ccccc2F)c1. The Balaban J connectivity index is 1.51. The van der Waals surface area contributed by atoms with Gasteiger partial charge in [-0.1, -0.05) is 30.3 Å². The summed E-state index contributed by atoms with van der Waals surface area (Å²) < 4.78 is 16.0. The molecule has 0 fully saturated rings. The Morgan fingerprint density at radius 2 is 2.04 bits per heavy atom. The summed E-state index contributed by atoms with van der Waals surface area (Å²) in [6, 6.07) is 13.5. The molecule has 1 N–H and O–H groups in total. The van der Waals surface area contributed by atoms with E-state index >= 15 is 0 Å². The van der Waals surface area contributed by atoms with Gasteiger partial charge in [-0.3, -0.25) is 4.79 Å². The largest absolute Gasteiger partial charge is 0.345 e. The molecular formula is C19H17FN4O. The molecule has 3 aromatic rings. The van der Waals surface area contributed by atoms with Crippen LogP contribution in [0.5, 0.6) is 0 Å². The minimum atomic E-state index is -0.306. The first kappa shape index (κ1) is 15.5. The Morgan fingerprint density at radius 3 is 2.92 bits per heavy atom. The molecule has 1 amide bonds. The molecule has 1 aromatic heterocycles. The topological polar surface area (TPSA) is 59.8 Å². The van der Waals surface area contributed by atoms with Crippen LogP contribution in [0.3, 0.4) is 0 Å². The minimum absolute atomic E-state index is 0.214. The Labute approximate surface area is 144 Å². The van der Waals surface area contributed by atoms with E-state index < -0.39 is 0 Å². The summed E-state index contributed by atoms with van der Waals surface area (Å²) in [5, 5.41) is 11.1. The molecule has 1 aliphatic heterocycles. The molecule has 2 aromatic carbocycles. The number of aryl methyl sites for hydroxylation is 1. The average molecular weight is 336 g/mol. The zero-order chi connectivity index (χ0) is 17.2. The molecule has 0 spiro atoms. The van der Waals surface area contributed by atoms with Crippen LogP contribution in [-0.2, 0) is 19.5 Å². The second kappa shape index (κ2) is 6.47. The minimum Gasteiger partial charge on any atom is -0.345 e. The van der Waals surface area contributed by atoms with Gasteiger partial charge in [0.05, 0.1) is 6.54 Å². The van der Waals surface area contributed by atoms with Crippen LogP contribution >= 0.6 is 0 Å². The van der Waals surface area contributed by atoms with Crippen molar-refractivity contribution in [3.8, 4) is 11.1 Å². The van der Waals surface area contributed by atoms with Gasteiger partial charge in [-0.25, -0.2) is 4.39 Å². The van der Waals surface area contributed by atoms with Gasteiger partial charge in [0, 0.05) is 24.1 Å². The number of fused-ring (bicyclic) bond motifs is 1. The maximum absolute atomic E-state index is 14.0. The molecule has 0 bridgehead atoms. The van der Waals surface area contributed by atoms with Crippen LogP contribution in [-0.4, -0.2) is 20.7 Å². The van der Waals surface area contributed by atoms with Gasteiger partial charge in [-0.05, 0) is 30.2 Å². The van der Waals surface area contributed by atoms with E-state index in [1.54, 1.807) is 42.5 Å². The van der Waals surface area contributed by atoms with E-state index in [0.717, 1.165) is 31.0 Å². The van der Waals surface area contributed by atoms with Gasteiger partial charge in [0.1, 0.15) is 11.6 Å². The summed E-state index contributed by atoms with van der Waals surface area (Å²) in [6.45, 7) is 1.23. The van der Waals surface area contributed by atoms with Crippen molar-refractivity contribution in [2.75, 3.05) is 0 Å². The lowest BCUT2D eigenvalue weighted by atomic mass is 10.0. The van der Waals surface area contributed by atoms with E-state index in [4.69, 9.17) is 0 Å². The molecule has 2 heterocycles. The first-order chi connectivity index (χ1) is 12.2. The van der Waals surface area contributed by atoms with Crippen molar-refractivity contribution in [3.05, 3.63) is 71.6 Å².